The first-order valence-corrected chi connectivity index (χ1v) is 12.9. The van der Waals surface area contributed by atoms with E-state index in [1.807, 2.05) is 6.07 Å². The second-order valence-corrected chi connectivity index (χ2v) is 9.77. The highest BCUT2D eigenvalue weighted by molar-refractivity contribution is 6.46. The Bertz CT molecular complexity index is 1290. The molecule has 0 spiro atoms. The molecular formula is C28H33N7O. The van der Waals surface area contributed by atoms with Gasteiger partial charge in [0.05, 0.1) is 25.0 Å². The molecule has 0 radical (unpaired) electrons. The largest absolute Gasteiger partial charge is 0.495 e. The first kappa shape index (κ1) is 22.6. The quantitative estimate of drug-likeness (QED) is 0.569. The molecule has 2 aromatic rings. The molecule has 0 bridgehead atoms. The van der Waals surface area contributed by atoms with Crippen molar-refractivity contribution in [1.82, 2.24) is 4.90 Å². The number of benzene rings is 2. The number of nitrogens with zero attached hydrogens (tertiary/aromatic N) is 4. The Kier molecular flexibility index (Phi) is 5.87. The number of ether oxygens (including phenoxy) is 1. The van der Waals surface area contributed by atoms with Crippen molar-refractivity contribution in [3.05, 3.63) is 53.7 Å². The SMILES string of the molecule is CCC1CC(=N)c2cc(C3=CN4CCN=C4C(Nc4ccc(N5CCCC5)c(OC)c4)=N3)ccc2N1. The van der Waals surface area contributed by atoms with Crippen molar-refractivity contribution in [2.75, 3.05) is 48.8 Å². The van der Waals surface area contributed by atoms with Gasteiger partial charge in [0.1, 0.15) is 5.75 Å². The Labute approximate surface area is 212 Å². The standard InChI is InChI=1S/C28H33N7O/c1-3-19-15-22(29)21-14-18(6-8-23(21)31-19)24-17-35-13-10-30-28(35)27(33-24)32-20-7-9-25(26(16-20)36-2)34-11-4-5-12-34/h6-9,14,16-17,19,29,31H,3-5,10-13,15H2,1-2H3,(H,32,33). The predicted octanol–water partition coefficient (Wildman–Crippen LogP) is 4.79. The molecule has 4 aliphatic heterocycles. The van der Waals surface area contributed by atoms with Crippen LogP contribution in [0.1, 0.15) is 43.7 Å². The van der Waals surface area contributed by atoms with Gasteiger partial charge in [0.15, 0.2) is 11.7 Å². The maximum atomic E-state index is 8.59. The molecule has 8 heteroatoms. The highest BCUT2D eigenvalue weighted by Gasteiger charge is 2.28. The van der Waals surface area contributed by atoms with Crippen molar-refractivity contribution in [2.45, 2.75) is 38.6 Å². The Morgan fingerprint density at radius 3 is 2.81 bits per heavy atom. The highest BCUT2D eigenvalue weighted by atomic mass is 16.5. The molecule has 0 aromatic heterocycles. The van der Waals surface area contributed by atoms with E-state index in [4.69, 9.17) is 20.1 Å². The van der Waals surface area contributed by atoms with Gasteiger partial charge < -0.3 is 30.6 Å². The van der Waals surface area contributed by atoms with Gasteiger partial charge in [-0.05, 0) is 43.5 Å². The van der Waals surface area contributed by atoms with E-state index in [9.17, 15) is 0 Å². The van der Waals surface area contributed by atoms with Crippen molar-refractivity contribution >= 4 is 40.1 Å². The Hall–Kier alpha value is -3.81. The first-order valence-electron chi connectivity index (χ1n) is 12.9. The first-order chi connectivity index (χ1) is 17.6. The van der Waals surface area contributed by atoms with Crippen molar-refractivity contribution in [2.24, 2.45) is 9.98 Å². The number of fused-ring (bicyclic) bond motifs is 2. The number of hydrogen-bond acceptors (Lipinski definition) is 8. The Morgan fingerprint density at radius 2 is 2.00 bits per heavy atom. The van der Waals surface area contributed by atoms with Crippen LogP contribution in [0, 0.1) is 5.41 Å². The van der Waals surface area contributed by atoms with E-state index in [1.54, 1.807) is 7.11 Å². The van der Waals surface area contributed by atoms with E-state index in [2.05, 4.69) is 63.9 Å². The van der Waals surface area contributed by atoms with Gasteiger partial charge in [-0.25, -0.2) is 4.99 Å². The smallest absolute Gasteiger partial charge is 0.174 e. The summed E-state index contributed by atoms with van der Waals surface area (Å²) in [5.41, 5.74) is 6.62. The molecule has 0 aliphatic carbocycles. The normalized spacial score (nSPS) is 20.8. The van der Waals surface area contributed by atoms with Gasteiger partial charge in [0.2, 0.25) is 0 Å². The molecule has 1 atom stereocenters. The molecule has 6 rings (SSSR count). The monoisotopic (exact) mass is 483 g/mol. The molecule has 1 saturated heterocycles. The van der Waals surface area contributed by atoms with E-state index in [0.717, 1.165) is 90.3 Å². The summed E-state index contributed by atoms with van der Waals surface area (Å²) in [5, 5.41) is 15.7. The van der Waals surface area contributed by atoms with Crippen LogP contribution >= 0.6 is 0 Å². The molecule has 186 valence electrons. The third-order valence-corrected chi connectivity index (χ3v) is 7.43. The van der Waals surface area contributed by atoms with Crippen LogP contribution in [0.15, 0.2) is 52.6 Å². The molecule has 36 heavy (non-hydrogen) atoms. The van der Waals surface area contributed by atoms with Gasteiger partial charge >= 0.3 is 0 Å². The Morgan fingerprint density at radius 1 is 1.14 bits per heavy atom. The second-order valence-electron chi connectivity index (χ2n) is 9.77. The minimum Gasteiger partial charge on any atom is -0.495 e. The molecule has 8 nitrogen and oxygen atoms in total. The summed E-state index contributed by atoms with van der Waals surface area (Å²) in [6.45, 7) is 5.88. The maximum Gasteiger partial charge on any atom is 0.174 e. The maximum absolute atomic E-state index is 8.59. The van der Waals surface area contributed by atoms with Crippen LogP contribution in [0.2, 0.25) is 0 Å². The molecule has 3 N–H and O–H groups in total. The summed E-state index contributed by atoms with van der Waals surface area (Å²) < 4.78 is 5.74. The fourth-order valence-corrected chi connectivity index (χ4v) is 5.43. The molecule has 1 fully saturated rings. The van der Waals surface area contributed by atoms with Gasteiger partial charge in [-0.3, -0.25) is 4.99 Å². The number of anilines is 3. The lowest BCUT2D eigenvalue weighted by molar-refractivity contribution is 0.415. The van der Waals surface area contributed by atoms with Crippen LogP contribution in [0.4, 0.5) is 17.1 Å². The number of hydrogen-bond donors (Lipinski definition) is 3. The molecule has 4 heterocycles. The van der Waals surface area contributed by atoms with Crippen LogP contribution in [-0.2, 0) is 0 Å². The minimum absolute atomic E-state index is 0.329. The van der Waals surface area contributed by atoms with Crippen molar-refractivity contribution in [3.63, 3.8) is 0 Å². The summed E-state index contributed by atoms with van der Waals surface area (Å²) in [4.78, 5) is 14.3. The topological polar surface area (TPSA) is 88.3 Å². The molecule has 0 amide bonds. The molecule has 4 aliphatic rings. The summed E-state index contributed by atoms with van der Waals surface area (Å²) in [7, 11) is 1.73. The summed E-state index contributed by atoms with van der Waals surface area (Å²) >= 11 is 0. The van der Waals surface area contributed by atoms with E-state index in [0.29, 0.717) is 11.8 Å². The van der Waals surface area contributed by atoms with Crippen molar-refractivity contribution in [3.8, 4) is 5.75 Å². The van der Waals surface area contributed by atoms with Crippen LogP contribution in [-0.4, -0.2) is 61.6 Å². The second kappa shape index (κ2) is 9.33. The lowest BCUT2D eigenvalue weighted by Crippen LogP contribution is -2.36. The number of nitrogens with one attached hydrogen (secondary N) is 3. The summed E-state index contributed by atoms with van der Waals surface area (Å²) in [6, 6.07) is 12.9. The predicted molar refractivity (Wildman–Crippen MR) is 148 cm³/mol. The fourth-order valence-electron chi connectivity index (χ4n) is 5.43. The Balaban J connectivity index is 1.30. The van der Waals surface area contributed by atoms with E-state index >= 15 is 0 Å². The molecular weight excluding hydrogens is 450 g/mol. The third kappa shape index (κ3) is 4.10. The van der Waals surface area contributed by atoms with Crippen molar-refractivity contribution in [1.29, 1.82) is 5.41 Å². The average molecular weight is 484 g/mol. The van der Waals surface area contributed by atoms with Gasteiger partial charge in [0, 0.05) is 72.6 Å². The number of amidine groups is 2. The molecule has 0 saturated carbocycles. The van der Waals surface area contributed by atoms with Gasteiger partial charge in [-0.15, -0.1) is 0 Å². The highest BCUT2D eigenvalue weighted by Crippen LogP contribution is 2.35. The van der Waals surface area contributed by atoms with Crippen LogP contribution < -0.4 is 20.3 Å². The fraction of sp³-hybridized carbons (Fsp3) is 0.393. The summed E-state index contributed by atoms with van der Waals surface area (Å²) in [6.07, 6.45) is 6.28. The number of rotatable bonds is 5. The van der Waals surface area contributed by atoms with Gasteiger partial charge in [-0.1, -0.05) is 13.0 Å². The zero-order valence-electron chi connectivity index (χ0n) is 21.0. The van der Waals surface area contributed by atoms with Crippen LogP contribution in [0.3, 0.4) is 0 Å². The van der Waals surface area contributed by atoms with Gasteiger partial charge in [0.25, 0.3) is 0 Å². The molecule has 2 aromatic carbocycles. The van der Waals surface area contributed by atoms with Crippen LogP contribution in [0.5, 0.6) is 5.75 Å². The average Bonchev–Trinajstić information content (AvgIpc) is 3.61. The lowest BCUT2D eigenvalue weighted by atomic mass is 9.93. The number of aliphatic imine (C=N–C) groups is 2. The minimum atomic E-state index is 0.329. The van der Waals surface area contributed by atoms with E-state index in [1.165, 1.54) is 12.8 Å². The summed E-state index contributed by atoms with van der Waals surface area (Å²) in [5.74, 6) is 2.46. The lowest BCUT2D eigenvalue weighted by Gasteiger charge is -2.28. The van der Waals surface area contributed by atoms with Gasteiger partial charge in [-0.2, -0.15) is 0 Å². The zero-order valence-corrected chi connectivity index (χ0v) is 21.0. The molecule has 1 unspecified atom stereocenters. The zero-order chi connectivity index (χ0) is 24.6. The third-order valence-electron chi connectivity index (χ3n) is 7.43. The van der Waals surface area contributed by atoms with E-state index in [-0.39, 0.29) is 0 Å². The van der Waals surface area contributed by atoms with Crippen LogP contribution in [0.25, 0.3) is 5.70 Å². The number of methoxy groups -OCH3 is 1. The van der Waals surface area contributed by atoms with Crippen molar-refractivity contribution < 1.29 is 4.74 Å². The van der Waals surface area contributed by atoms with E-state index < -0.39 is 0 Å².